The third-order valence-corrected chi connectivity index (χ3v) is 5.84. The van der Waals surface area contributed by atoms with Crippen LogP contribution in [0.1, 0.15) is 41.5 Å². The second-order valence-corrected chi connectivity index (χ2v) is 9.34. The minimum Gasteiger partial charge on any atom is -0.392 e. The van der Waals surface area contributed by atoms with E-state index in [1.165, 1.54) is 0 Å². The molecule has 0 unspecified atom stereocenters. The topological polar surface area (TPSA) is 70.4 Å². The molecule has 1 heterocycles. The van der Waals surface area contributed by atoms with Gasteiger partial charge in [-0.15, -0.1) is 0 Å². The van der Waals surface area contributed by atoms with E-state index in [4.69, 9.17) is 0 Å². The molecule has 0 aromatic heterocycles. The van der Waals surface area contributed by atoms with Gasteiger partial charge in [-0.2, -0.15) is 0 Å². The van der Waals surface area contributed by atoms with Crippen molar-refractivity contribution in [2.75, 3.05) is 58.9 Å². The van der Waals surface area contributed by atoms with E-state index in [0.29, 0.717) is 19.6 Å². The Kier molecular flexibility index (Phi) is 11.3. The van der Waals surface area contributed by atoms with Gasteiger partial charge in [0.1, 0.15) is 0 Å². The Morgan fingerprint density at radius 3 is 0.815 bits per heavy atom. The highest BCUT2D eigenvalue weighted by Gasteiger charge is 2.23. The SMILES string of the molecule is CC(C)[C@H](O)CN1CCN(C[C@@H](O)C(C)C)CCN(C[C@@H](O)C(C)C)CC1. The summed E-state index contributed by atoms with van der Waals surface area (Å²) in [5.74, 6) is 0.737. The van der Waals surface area contributed by atoms with E-state index in [2.05, 4.69) is 56.2 Å². The lowest BCUT2D eigenvalue weighted by Crippen LogP contribution is -2.43. The molecule has 1 rings (SSSR count). The number of nitrogens with zero attached hydrogens (tertiary/aromatic N) is 3. The van der Waals surface area contributed by atoms with E-state index < -0.39 is 0 Å². The minimum absolute atomic E-state index is 0.246. The van der Waals surface area contributed by atoms with Crippen LogP contribution in [0.25, 0.3) is 0 Å². The molecular formula is C21H45N3O3. The van der Waals surface area contributed by atoms with E-state index in [-0.39, 0.29) is 36.1 Å². The van der Waals surface area contributed by atoms with E-state index in [1.54, 1.807) is 0 Å². The van der Waals surface area contributed by atoms with E-state index >= 15 is 0 Å². The van der Waals surface area contributed by atoms with Gasteiger partial charge in [0.15, 0.2) is 0 Å². The number of β-amino-alcohol motifs (C(OH)–C–C–N with tert-alkyl or cyclic N) is 3. The van der Waals surface area contributed by atoms with Gasteiger partial charge in [0, 0.05) is 58.9 Å². The third-order valence-electron chi connectivity index (χ3n) is 5.84. The van der Waals surface area contributed by atoms with E-state index in [0.717, 1.165) is 39.3 Å². The van der Waals surface area contributed by atoms with Gasteiger partial charge in [-0.3, -0.25) is 14.7 Å². The number of hydrogen-bond donors (Lipinski definition) is 3. The lowest BCUT2D eigenvalue weighted by molar-refractivity contribution is 0.0590. The van der Waals surface area contributed by atoms with Crippen molar-refractivity contribution < 1.29 is 15.3 Å². The van der Waals surface area contributed by atoms with Crippen LogP contribution < -0.4 is 0 Å². The van der Waals surface area contributed by atoms with Crippen LogP contribution in [0.3, 0.4) is 0 Å². The van der Waals surface area contributed by atoms with Crippen molar-refractivity contribution >= 4 is 0 Å². The van der Waals surface area contributed by atoms with Crippen LogP contribution in [0.2, 0.25) is 0 Å². The quantitative estimate of drug-likeness (QED) is 0.547. The molecule has 0 saturated carbocycles. The molecule has 0 radical (unpaired) electrons. The summed E-state index contributed by atoms with van der Waals surface area (Å²) >= 11 is 0. The lowest BCUT2D eigenvalue weighted by atomic mass is 10.1. The lowest BCUT2D eigenvalue weighted by Gasteiger charge is -2.30. The molecule has 3 atom stereocenters. The zero-order valence-electron chi connectivity index (χ0n) is 18.5. The van der Waals surface area contributed by atoms with Crippen molar-refractivity contribution in [2.45, 2.75) is 59.9 Å². The minimum atomic E-state index is -0.324. The average molecular weight is 388 g/mol. The molecule has 1 saturated heterocycles. The zero-order valence-corrected chi connectivity index (χ0v) is 18.5. The highest BCUT2D eigenvalue weighted by molar-refractivity contribution is 4.78. The molecule has 6 heteroatoms. The largest absolute Gasteiger partial charge is 0.392 e. The standard InChI is InChI=1S/C21H45N3O3/c1-16(2)19(25)13-22-7-9-23(14-20(26)17(3)4)11-12-24(10-8-22)15-21(27)18(5)6/h16-21,25-27H,7-15H2,1-6H3/t19-,20-,21-/m1/s1. The van der Waals surface area contributed by atoms with Gasteiger partial charge in [0.05, 0.1) is 18.3 Å². The van der Waals surface area contributed by atoms with Gasteiger partial charge < -0.3 is 15.3 Å². The maximum absolute atomic E-state index is 10.3. The van der Waals surface area contributed by atoms with Gasteiger partial charge in [0.25, 0.3) is 0 Å². The molecule has 1 fully saturated rings. The average Bonchev–Trinajstić information content (AvgIpc) is 2.67. The fraction of sp³-hybridized carbons (Fsp3) is 1.00. The van der Waals surface area contributed by atoms with Gasteiger partial charge >= 0.3 is 0 Å². The molecular weight excluding hydrogens is 342 g/mol. The second kappa shape index (κ2) is 12.3. The molecule has 0 aliphatic carbocycles. The Morgan fingerprint density at radius 1 is 0.481 bits per heavy atom. The number of hydrogen-bond acceptors (Lipinski definition) is 6. The number of aliphatic hydroxyl groups excluding tert-OH is 3. The Morgan fingerprint density at radius 2 is 0.667 bits per heavy atom. The summed E-state index contributed by atoms with van der Waals surface area (Å²) in [4.78, 5) is 7.00. The summed E-state index contributed by atoms with van der Waals surface area (Å²) in [6.07, 6.45) is -0.972. The Balaban J connectivity index is 2.77. The summed E-state index contributed by atoms with van der Waals surface area (Å²) in [6.45, 7) is 19.7. The predicted octanol–water partition coefficient (Wildman–Crippen LogP) is 0.957. The van der Waals surface area contributed by atoms with Crippen molar-refractivity contribution in [3.8, 4) is 0 Å². The van der Waals surface area contributed by atoms with Gasteiger partial charge in [-0.25, -0.2) is 0 Å². The smallest absolute Gasteiger partial charge is 0.0689 e. The number of aliphatic hydroxyl groups is 3. The van der Waals surface area contributed by atoms with Crippen LogP contribution in [0.15, 0.2) is 0 Å². The molecule has 3 N–H and O–H groups in total. The van der Waals surface area contributed by atoms with Crippen LogP contribution in [-0.4, -0.2) is 107 Å². The fourth-order valence-electron chi connectivity index (χ4n) is 3.16. The van der Waals surface area contributed by atoms with Gasteiger partial charge in [0.2, 0.25) is 0 Å². The van der Waals surface area contributed by atoms with Crippen LogP contribution in [-0.2, 0) is 0 Å². The molecule has 0 aromatic rings. The van der Waals surface area contributed by atoms with Gasteiger partial charge in [-0.05, 0) is 17.8 Å². The highest BCUT2D eigenvalue weighted by atomic mass is 16.3. The normalized spacial score (nSPS) is 22.7. The molecule has 162 valence electrons. The first-order valence-corrected chi connectivity index (χ1v) is 10.8. The summed E-state index contributed by atoms with van der Waals surface area (Å²) in [6, 6.07) is 0. The Labute approximate surface area is 167 Å². The maximum atomic E-state index is 10.3. The summed E-state index contributed by atoms with van der Waals surface area (Å²) in [7, 11) is 0. The molecule has 1 aliphatic rings. The van der Waals surface area contributed by atoms with Crippen molar-refractivity contribution in [2.24, 2.45) is 17.8 Å². The van der Waals surface area contributed by atoms with Crippen molar-refractivity contribution in [3.63, 3.8) is 0 Å². The van der Waals surface area contributed by atoms with Crippen LogP contribution >= 0.6 is 0 Å². The Hall–Kier alpha value is -0.240. The predicted molar refractivity (Wildman–Crippen MR) is 112 cm³/mol. The molecule has 0 amide bonds. The van der Waals surface area contributed by atoms with E-state index in [1.807, 2.05) is 0 Å². The van der Waals surface area contributed by atoms with Crippen molar-refractivity contribution in [1.29, 1.82) is 0 Å². The summed E-state index contributed by atoms with van der Waals surface area (Å²) in [5, 5.41) is 31.0. The first-order valence-electron chi connectivity index (χ1n) is 10.8. The maximum Gasteiger partial charge on any atom is 0.0689 e. The first-order chi connectivity index (χ1) is 12.6. The fourth-order valence-corrected chi connectivity index (χ4v) is 3.16. The van der Waals surface area contributed by atoms with Crippen LogP contribution in [0, 0.1) is 17.8 Å². The van der Waals surface area contributed by atoms with Crippen molar-refractivity contribution in [1.82, 2.24) is 14.7 Å². The zero-order chi connectivity index (χ0) is 20.6. The Bertz CT molecular complexity index is 324. The molecule has 6 nitrogen and oxygen atoms in total. The van der Waals surface area contributed by atoms with Gasteiger partial charge in [-0.1, -0.05) is 41.5 Å². The van der Waals surface area contributed by atoms with Crippen LogP contribution in [0.4, 0.5) is 0 Å². The van der Waals surface area contributed by atoms with Crippen molar-refractivity contribution in [3.05, 3.63) is 0 Å². The first kappa shape index (κ1) is 24.8. The number of rotatable bonds is 9. The highest BCUT2D eigenvalue weighted by Crippen LogP contribution is 2.10. The van der Waals surface area contributed by atoms with Crippen LogP contribution in [0.5, 0.6) is 0 Å². The molecule has 0 spiro atoms. The molecule has 0 aromatic carbocycles. The summed E-state index contributed by atoms with van der Waals surface area (Å²) < 4.78 is 0. The third kappa shape index (κ3) is 9.68. The summed E-state index contributed by atoms with van der Waals surface area (Å²) in [5.41, 5.74) is 0. The molecule has 0 bridgehead atoms. The monoisotopic (exact) mass is 387 g/mol. The molecule has 1 aliphatic heterocycles. The second-order valence-electron chi connectivity index (χ2n) is 9.34. The van der Waals surface area contributed by atoms with E-state index in [9.17, 15) is 15.3 Å². The molecule has 27 heavy (non-hydrogen) atoms.